The second kappa shape index (κ2) is 17.9. The topological polar surface area (TPSA) is 149 Å². The third-order valence-corrected chi connectivity index (χ3v) is 6.54. The molecule has 0 spiro atoms. The van der Waals surface area contributed by atoms with Crippen LogP contribution in [0, 0.1) is 0 Å². The van der Waals surface area contributed by atoms with E-state index >= 15 is 0 Å². The van der Waals surface area contributed by atoms with Crippen LogP contribution in [0.1, 0.15) is 63.7 Å². The first kappa shape index (κ1) is 40.8. The van der Waals surface area contributed by atoms with Gasteiger partial charge in [-0.1, -0.05) is 48.5 Å². The average Bonchev–Trinajstić information content (AvgIpc) is 2.92. The molecule has 0 radical (unpaired) electrons. The number of benzene rings is 4. The van der Waals surface area contributed by atoms with Gasteiger partial charge in [0.05, 0.1) is 22.3 Å². The van der Waals surface area contributed by atoms with E-state index in [0.29, 0.717) is 16.7 Å². The van der Waals surface area contributed by atoms with Crippen LogP contribution in [0.25, 0.3) is 0 Å². The molecule has 4 rings (SSSR count). The van der Waals surface area contributed by atoms with Gasteiger partial charge in [-0.15, -0.1) is 0 Å². The fourth-order valence-corrected chi connectivity index (χ4v) is 4.57. The van der Waals surface area contributed by atoms with Gasteiger partial charge in [0.15, 0.2) is 0 Å². The van der Waals surface area contributed by atoms with Crippen molar-refractivity contribution in [1.29, 1.82) is 0 Å². The minimum atomic E-state index is -1.09. The van der Waals surface area contributed by atoms with Crippen molar-refractivity contribution in [2.24, 2.45) is 0 Å². The van der Waals surface area contributed by atoms with Crippen LogP contribution in [0.4, 0.5) is 0 Å². The Labute approximate surface area is 330 Å². The Morgan fingerprint density at radius 1 is 0.405 bits per heavy atom. The second-order valence-corrected chi connectivity index (χ2v) is 8.73. The molecule has 0 aliphatic rings. The number of carbonyl (C=O) groups is 4. The van der Waals surface area contributed by atoms with Crippen LogP contribution in [0.5, 0.6) is 0 Å². The van der Waals surface area contributed by atoms with Crippen LogP contribution >= 0.6 is 0 Å². The van der Waals surface area contributed by atoms with Gasteiger partial charge < -0.3 is 20.4 Å². The normalized spacial score (nSPS) is 10.0. The molecule has 0 unspecified atom stereocenters. The Morgan fingerprint density at radius 3 is 0.833 bits per heavy atom. The monoisotopic (exact) mass is 606 g/mol. The quantitative estimate of drug-likeness (QED) is 0.168. The van der Waals surface area contributed by atoms with E-state index in [0.717, 1.165) is 5.56 Å². The average molecular weight is 606 g/mol. The van der Waals surface area contributed by atoms with Crippen molar-refractivity contribution in [2.75, 3.05) is 0 Å². The standard InChI is InChI=1S/C30H22O8.4Na.4H/c31-26(32)19-3-1-18(2-4-19)17-30(23-11-5-20(6-12-23)27(33)34,24-13-7-21(8-14-24)28(35)36)25-15-9-22(10-16-25)29(37)38;;;;;;;;/h1-16H,17H2,(H,31,32)(H,33,34)(H,35,36)(H,37,38);;;;;;;;. The van der Waals surface area contributed by atoms with Crippen LogP contribution in [0.2, 0.25) is 0 Å². The number of carboxylic acid groups (broad SMARTS) is 4. The number of hydrogen-bond acceptors (Lipinski definition) is 4. The van der Waals surface area contributed by atoms with Crippen LogP contribution in [-0.2, 0) is 11.8 Å². The Hall–Kier alpha value is -1.24. The van der Waals surface area contributed by atoms with Crippen molar-refractivity contribution < 1.29 is 39.6 Å². The molecule has 0 saturated carbocycles. The summed E-state index contributed by atoms with van der Waals surface area (Å²) in [6, 6.07) is 25.2. The number of carboxylic acids is 4. The molecule has 0 aromatic heterocycles. The van der Waals surface area contributed by atoms with E-state index in [2.05, 4.69) is 0 Å². The third kappa shape index (κ3) is 9.14. The van der Waals surface area contributed by atoms with E-state index in [1.165, 1.54) is 48.5 Å². The summed E-state index contributed by atoms with van der Waals surface area (Å²) in [6.45, 7) is 0. The van der Waals surface area contributed by atoms with E-state index < -0.39 is 29.3 Å². The summed E-state index contributed by atoms with van der Waals surface area (Å²) >= 11 is 0. The van der Waals surface area contributed by atoms with E-state index in [1.807, 2.05) is 0 Å². The van der Waals surface area contributed by atoms with Gasteiger partial charge in [0.25, 0.3) is 0 Å². The molecule has 198 valence electrons. The molecule has 42 heavy (non-hydrogen) atoms. The zero-order valence-electron chi connectivity index (χ0n) is 19.9. The van der Waals surface area contributed by atoms with Crippen molar-refractivity contribution in [3.05, 3.63) is 142 Å². The predicted molar refractivity (Wildman–Crippen MR) is 166 cm³/mol. The summed E-state index contributed by atoms with van der Waals surface area (Å²) in [7, 11) is 0. The maximum atomic E-state index is 11.5. The molecular weight excluding hydrogens is 580 g/mol. The molecular formula is C30H26Na4O8. The summed E-state index contributed by atoms with van der Waals surface area (Å²) in [5, 5.41) is 37.6. The first-order valence-corrected chi connectivity index (χ1v) is 11.5. The summed E-state index contributed by atoms with van der Waals surface area (Å²) in [6.07, 6.45) is 0.276. The van der Waals surface area contributed by atoms with E-state index in [9.17, 15) is 39.6 Å². The minimum absolute atomic E-state index is 0. The van der Waals surface area contributed by atoms with E-state index in [4.69, 9.17) is 0 Å². The Kier molecular flexibility index (Phi) is 17.4. The number of rotatable bonds is 9. The SMILES string of the molecule is O=C(O)c1ccc(CC(c2ccc(C(=O)O)cc2)(c2ccc(C(=O)O)cc2)c2ccc(C(=O)O)cc2)cc1.[NaH].[NaH].[NaH].[NaH]. The van der Waals surface area contributed by atoms with Crippen LogP contribution in [0.3, 0.4) is 0 Å². The molecule has 0 aliphatic carbocycles. The van der Waals surface area contributed by atoms with Crippen molar-refractivity contribution >= 4 is 142 Å². The molecule has 0 aliphatic heterocycles. The van der Waals surface area contributed by atoms with Gasteiger partial charge in [-0.25, -0.2) is 19.2 Å². The molecule has 4 aromatic rings. The summed E-state index contributed by atoms with van der Waals surface area (Å²) in [4.78, 5) is 45.9. The predicted octanol–water partition coefficient (Wildman–Crippen LogP) is 2.46. The van der Waals surface area contributed by atoms with Crippen molar-refractivity contribution in [1.82, 2.24) is 0 Å². The molecule has 0 heterocycles. The van der Waals surface area contributed by atoms with Gasteiger partial charge in [0, 0.05) is 5.41 Å². The molecule has 8 nitrogen and oxygen atoms in total. The Balaban J connectivity index is 0.00000420. The van der Waals surface area contributed by atoms with Gasteiger partial charge in [0.1, 0.15) is 0 Å². The molecule has 0 fully saturated rings. The molecule has 0 saturated heterocycles. The molecule has 0 bridgehead atoms. The van der Waals surface area contributed by atoms with Gasteiger partial charge in [-0.2, -0.15) is 0 Å². The zero-order chi connectivity index (χ0) is 27.4. The Bertz CT molecular complexity index is 1380. The van der Waals surface area contributed by atoms with Gasteiger partial charge in [-0.3, -0.25) is 0 Å². The van der Waals surface area contributed by atoms with Crippen LogP contribution < -0.4 is 0 Å². The second-order valence-electron chi connectivity index (χ2n) is 8.73. The molecule has 12 heteroatoms. The number of hydrogen-bond donors (Lipinski definition) is 4. The summed E-state index contributed by atoms with van der Waals surface area (Å²) in [5.41, 5.74) is 2.12. The molecule has 0 amide bonds. The van der Waals surface area contributed by atoms with Gasteiger partial charge >= 0.3 is 142 Å². The third-order valence-electron chi connectivity index (χ3n) is 6.54. The van der Waals surface area contributed by atoms with Gasteiger partial charge in [0.2, 0.25) is 0 Å². The van der Waals surface area contributed by atoms with Crippen LogP contribution in [-0.4, -0.2) is 163 Å². The fraction of sp³-hybridized carbons (Fsp3) is 0.0667. The first-order valence-electron chi connectivity index (χ1n) is 11.5. The van der Waals surface area contributed by atoms with Crippen molar-refractivity contribution in [3.8, 4) is 0 Å². The summed E-state index contributed by atoms with van der Waals surface area (Å²) < 4.78 is 0. The first-order chi connectivity index (χ1) is 18.1. The van der Waals surface area contributed by atoms with Gasteiger partial charge in [-0.05, 0) is 77.2 Å². The van der Waals surface area contributed by atoms with Crippen molar-refractivity contribution in [2.45, 2.75) is 11.8 Å². The maximum absolute atomic E-state index is 11.5. The fourth-order valence-electron chi connectivity index (χ4n) is 4.57. The Morgan fingerprint density at radius 2 is 0.619 bits per heavy atom. The van der Waals surface area contributed by atoms with E-state index in [1.54, 1.807) is 48.5 Å². The molecule has 0 atom stereocenters. The molecule has 4 aromatic carbocycles. The van der Waals surface area contributed by atoms with Crippen molar-refractivity contribution in [3.63, 3.8) is 0 Å². The molecule has 4 N–H and O–H groups in total. The zero-order valence-corrected chi connectivity index (χ0v) is 19.9. The van der Waals surface area contributed by atoms with Crippen LogP contribution in [0.15, 0.2) is 97.1 Å². The number of aromatic carboxylic acids is 4. The summed E-state index contributed by atoms with van der Waals surface area (Å²) in [5.74, 6) is -4.35. The van der Waals surface area contributed by atoms with E-state index in [-0.39, 0.29) is 147 Å².